The summed E-state index contributed by atoms with van der Waals surface area (Å²) in [5.41, 5.74) is 8.77. The van der Waals surface area contributed by atoms with Gasteiger partial charge in [0, 0.05) is 29.9 Å². The van der Waals surface area contributed by atoms with Crippen LogP contribution in [-0.4, -0.2) is 17.5 Å². The minimum Gasteiger partial charge on any atom is -0.493 e. The Morgan fingerprint density at radius 1 is 1.29 bits per heavy atom. The highest BCUT2D eigenvalue weighted by molar-refractivity contribution is 6.06. The van der Waals surface area contributed by atoms with Gasteiger partial charge in [-0.1, -0.05) is 6.07 Å². The molecule has 5 nitrogen and oxygen atoms in total. The molecule has 0 atom stereocenters. The zero-order chi connectivity index (χ0) is 19.7. The van der Waals surface area contributed by atoms with E-state index in [4.69, 9.17) is 10.5 Å². The van der Waals surface area contributed by atoms with Gasteiger partial charge in [-0.25, -0.2) is 4.39 Å². The number of fused-ring (bicyclic) bond motifs is 1. The van der Waals surface area contributed by atoms with Gasteiger partial charge < -0.3 is 15.8 Å². The number of pyridine rings is 1. The van der Waals surface area contributed by atoms with Crippen molar-refractivity contribution in [3.8, 4) is 5.75 Å². The van der Waals surface area contributed by atoms with Gasteiger partial charge in [0.1, 0.15) is 11.6 Å². The van der Waals surface area contributed by atoms with Crippen LogP contribution in [0, 0.1) is 18.7 Å². The Morgan fingerprint density at radius 3 is 2.82 bits per heavy atom. The molecule has 1 aliphatic rings. The molecular formula is C22H22FN3O2. The molecule has 1 saturated carbocycles. The maximum atomic E-state index is 14.4. The summed E-state index contributed by atoms with van der Waals surface area (Å²) < 4.78 is 20.0. The van der Waals surface area contributed by atoms with Gasteiger partial charge in [-0.15, -0.1) is 0 Å². The Morgan fingerprint density at radius 2 is 2.11 bits per heavy atom. The van der Waals surface area contributed by atoms with Crippen LogP contribution in [0.3, 0.4) is 0 Å². The number of carbonyl (C=O) groups is 1. The fraction of sp³-hybridized carbons (Fsp3) is 0.273. The third kappa shape index (κ3) is 3.82. The molecule has 144 valence electrons. The number of hydrogen-bond acceptors (Lipinski definition) is 4. The van der Waals surface area contributed by atoms with Gasteiger partial charge in [0.15, 0.2) is 0 Å². The van der Waals surface area contributed by atoms with E-state index in [-0.39, 0.29) is 5.56 Å². The minimum atomic E-state index is -0.602. The van der Waals surface area contributed by atoms with E-state index in [1.165, 1.54) is 12.1 Å². The van der Waals surface area contributed by atoms with E-state index in [1.807, 2.05) is 19.1 Å². The normalized spacial score (nSPS) is 13.5. The quantitative estimate of drug-likeness (QED) is 0.673. The molecule has 3 N–H and O–H groups in total. The highest BCUT2D eigenvalue weighted by atomic mass is 19.1. The van der Waals surface area contributed by atoms with E-state index in [2.05, 4.69) is 10.3 Å². The summed E-state index contributed by atoms with van der Waals surface area (Å²) in [7, 11) is 0. The van der Waals surface area contributed by atoms with Crippen LogP contribution in [0.4, 0.5) is 10.1 Å². The van der Waals surface area contributed by atoms with E-state index >= 15 is 0 Å². The second-order valence-corrected chi connectivity index (χ2v) is 7.21. The second-order valence-electron chi connectivity index (χ2n) is 7.21. The van der Waals surface area contributed by atoms with Crippen LogP contribution < -0.4 is 15.8 Å². The van der Waals surface area contributed by atoms with Gasteiger partial charge in [0.2, 0.25) is 0 Å². The van der Waals surface area contributed by atoms with Crippen molar-refractivity contribution in [1.29, 1.82) is 0 Å². The maximum absolute atomic E-state index is 14.4. The molecule has 1 heterocycles. The Balaban J connectivity index is 1.53. The lowest BCUT2D eigenvalue weighted by molar-refractivity contribution is 0.102. The summed E-state index contributed by atoms with van der Waals surface area (Å²) >= 11 is 0. The van der Waals surface area contributed by atoms with Crippen molar-refractivity contribution in [2.24, 2.45) is 11.7 Å². The summed E-state index contributed by atoms with van der Waals surface area (Å²) in [6.45, 7) is 2.89. The standard InChI is InChI=1S/C22H22FN3O2/c1-13-20(7-4-16-8-15(10-24)11-25-21(13)16)26-22(27)18-6-5-17(9-19(18)23)28-12-14-2-3-14/h4-9,11,14H,2-3,10,12,24H2,1H3,(H,26,27). The van der Waals surface area contributed by atoms with Gasteiger partial charge in [-0.05, 0) is 61.1 Å². The number of halogens is 1. The smallest absolute Gasteiger partial charge is 0.258 e. The third-order valence-corrected chi connectivity index (χ3v) is 5.01. The first-order valence-electron chi connectivity index (χ1n) is 9.37. The third-order valence-electron chi connectivity index (χ3n) is 5.01. The van der Waals surface area contributed by atoms with Gasteiger partial charge >= 0.3 is 0 Å². The van der Waals surface area contributed by atoms with Crippen LogP contribution in [0.1, 0.15) is 34.3 Å². The minimum absolute atomic E-state index is 0.0234. The van der Waals surface area contributed by atoms with E-state index in [0.717, 1.165) is 34.9 Å². The Hall–Kier alpha value is -2.99. The summed E-state index contributed by atoms with van der Waals surface area (Å²) in [6, 6.07) is 9.98. The Kier molecular flexibility index (Phi) is 4.96. The lowest BCUT2D eigenvalue weighted by Crippen LogP contribution is -2.15. The maximum Gasteiger partial charge on any atom is 0.258 e. The van der Waals surface area contributed by atoms with Gasteiger partial charge in [-0.3, -0.25) is 9.78 Å². The number of nitrogens with zero attached hydrogens (tertiary/aromatic N) is 1. The average Bonchev–Trinajstić information content (AvgIpc) is 3.52. The summed E-state index contributed by atoms with van der Waals surface area (Å²) in [5, 5.41) is 3.73. The first-order valence-corrected chi connectivity index (χ1v) is 9.37. The number of nitrogens with one attached hydrogen (secondary N) is 1. The number of rotatable bonds is 6. The van der Waals surface area contributed by atoms with Crippen LogP contribution in [0.5, 0.6) is 5.75 Å². The van der Waals surface area contributed by atoms with Crippen molar-refractivity contribution in [1.82, 2.24) is 4.98 Å². The first kappa shape index (κ1) is 18.4. The molecule has 0 aliphatic heterocycles. The lowest BCUT2D eigenvalue weighted by Gasteiger charge is -2.12. The molecule has 0 bridgehead atoms. The van der Waals surface area contributed by atoms with Crippen LogP contribution in [0.15, 0.2) is 42.6 Å². The predicted molar refractivity (Wildman–Crippen MR) is 107 cm³/mol. The molecule has 0 saturated heterocycles. The van der Waals surface area contributed by atoms with Crippen LogP contribution in [-0.2, 0) is 6.54 Å². The summed E-state index contributed by atoms with van der Waals surface area (Å²) in [5.74, 6) is -0.0820. The number of carbonyl (C=O) groups excluding carboxylic acids is 1. The molecular weight excluding hydrogens is 357 g/mol. The van der Waals surface area contributed by atoms with Crippen molar-refractivity contribution in [2.45, 2.75) is 26.3 Å². The number of anilines is 1. The van der Waals surface area contributed by atoms with E-state index in [0.29, 0.717) is 30.5 Å². The van der Waals surface area contributed by atoms with Gasteiger partial charge in [0.05, 0.1) is 17.7 Å². The molecule has 28 heavy (non-hydrogen) atoms. The monoisotopic (exact) mass is 379 g/mol. The molecule has 0 spiro atoms. The average molecular weight is 379 g/mol. The Labute approximate surface area is 162 Å². The molecule has 0 radical (unpaired) electrons. The van der Waals surface area contributed by atoms with Crippen LogP contribution in [0.2, 0.25) is 0 Å². The molecule has 6 heteroatoms. The number of nitrogens with two attached hydrogens (primary N) is 1. The SMILES string of the molecule is Cc1c(NC(=O)c2ccc(OCC3CC3)cc2F)ccc2cc(CN)cnc12. The zero-order valence-electron chi connectivity index (χ0n) is 15.7. The number of benzene rings is 2. The van der Waals surface area contributed by atoms with Crippen molar-refractivity contribution in [3.05, 3.63) is 65.1 Å². The summed E-state index contributed by atoms with van der Waals surface area (Å²) in [6.07, 6.45) is 4.05. The molecule has 1 aromatic heterocycles. The summed E-state index contributed by atoms with van der Waals surface area (Å²) in [4.78, 5) is 17.0. The molecule has 3 aromatic rings. The zero-order valence-corrected chi connectivity index (χ0v) is 15.7. The molecule has 4 rings (SSSR count). The molecule has 1 aliphatic carbocycles. The van der Waals surface area contributed by atoms with Crippen molar-refractivity contribution < 1.29 is 13.9 Å². The van der Waals surface area contributed by atoms with Crippen molar-refractivity contribution in [3.63, 3.8) is 0 Å². The largest absolute Gasteiger partial charge is 0.493 e. The number of aromatic nitrogens is 1. The molecule has 0 unspecified atom stereocenters. The first-order chi connectivity index (χ1) is 13.5. The predicted octanol–water partition coefficient (Wildman–Crippen LogP) is 4.18. The number of aryl methyl sites for hydroxylation is 1. The van der Waals surface area contributed by atoms with Crippen molar-refractivity contribution in [2.75, 3.05) is 11.9 Å². The van der Waals surface area contributed by atoms with Crippen LogP contribution >= 0.6 is 0 Å². The lowest BCUT2D eigenvalue weighted by atomic mass is 10.1. The van der Waals surface area contributed by atoms with E-state index < -0.39 is 11.7 Å². The highest BCUT2D eigenvalue weighted by Crippen LogP contribution is 2.30. The van der Waals surface area contributed by atoms with Crippen LogP contribution in [0.25, 0.3) is 10.9 Å². The van der Waals surface area contributed by atoms with Crippen molar-refractivity contribution >= 4 is 22.5 Å². The number of hydrogen-bond donors (Lipinski definition) is 2. The van der Waals surface area contributed by atoms with E-state index in [9.17, 15) is 9.18 Å². The second kappa shape index (κ2) is 7.56. The fourth-order valence-corrected chi connectivity index (χ4v) is 3.10. The number of amides is 1. The molecule has 1 amide bonds. The topological polar surface area (TPSA) is 77.2 Å². The van der Waals surface area contributed by atoms with E-state index in [1.54, 1.807) is 18.3 Å². The highest BCUT2D eigenvalue weighted by Gasteiger charge is 2.22. The fourth-order valence-electron chi connectivity index (χ4n) is 3.10. The molecule has 2 aromatic carbocycles. The number of ether oxygens (including phenoxy) is 1. The molecule has 1 fully saturated rings. The van der Waals surface area contributed by atoms with Gasteiger partial charge in [0.25, 0.3) is 5.91 Å². The Bertz CT molecular complexity index is 1050. The van der Waals surface area contributed by atoms with Gasteiger partial charge in [-0.2, -0.15) is 0 Å².